The van der Waals surface area contributed by atoms with Gasteiger partial charge in [-0.2, -0.15) is 5.10 Å². The molecule has 0 aliphatic carbocycles. The van der Waals surface area contributed by atoms with Gasteiger partial charge in [0, 0.05) is 47.7 Å². The largest absolute Gasteiger partial charge is 0.379 e. The van der Waals surface area contributed by atoms with E-state index in [4.69, 9.17) is 5.73 Å². The van der Waals surface area contributed by atoms with Crippen LogP contribution in [0.4, 0.5) is 10.3 Å². The Bertz CT molecular complexity index is 1450. The van der Waals surface area contributed by atoms with Crippen LogP contribution in [0.25, 0.3) is 33.4 Å². The van der Waals surface area contributed by atoms with Gasteiger partial charge in [-0.1, -0.05) is 12.1 Å². The Morgan fingerprint density at radius 2 is 1.97 bits per heavy atom. The van der Waals surface area contributed by atoms with Crippen LogP contribution in [0.1, 0.15) is 18.2 Å². The predicted molar refractivity (Wildman–Crippen MR) is 119 cm³/mol. The number of pyridine rings is 1. The van der Waals surface area contributed by atoms with E-state index in [1.54, 1.807) is 42.3 Å². The van der Waals surface area contributed by atoms with Crippen molar-refractivity contribution in [2.75, 3.05) is 5.73 Å². The van der Waals surface area contributed by atoms with Crippen LogP contribution in [0, 0.1) is 5.82 Å². The average molecular weight is 429 g/mol. The number of benzene rings is 1. The summed E-state index contributed by atoms with van der Waals surface area (Å²) in [6, 6.07) is 9.41. The molecule has 0 saturated heterocycles. The van der Waals surface area contributed by atoms with E-state index < -0.39 is 11.4 Å². The minimum atomic E-state index is -1.57. The molecule has 4 aromatic heterocycles. The number of halogens is 1. The molecular formula is C23H20FN7O. The van der Waals surface area contributed by atoms with Crippen molar-refractivity contribution in [3.63, 3.8) is 0 Å². The summed E-state index contributed by atoms with van der Waals surface area (Å²) in [4.78, 5) is 16.2. The number of hydrogen-bond acceptors (Lipinski definition) is 6. The molecule has 0 radical (unpaired) electrons. The van der Waals surface area contributed by atoms with Gasteiger partial charge in [-0.05, 0) is 36.8 Å². The van der Waals surface area contributed by atoms with Crippen LogP contribution in [-0.2, 0) is 12.6 Å². The van der Waals surface area contributed by atoms with Gasteiger partial charge in [0.25, 0.3) is 0 Å². The Hall–Kier alpha value is -4.11. The zero-order valence-corrected chi connectivity index (χ0v) is 17.4. The molecule has 0 aliphatic rings. The topological polar surface area (TPSA) is 119 Å². The fourth-order valence-electron chi connectivity index (χ4n) is 3.74. The number of aromatic amines is 1. The monoisotopic (exact) mass is 429 g/mol. The van der Waals surface area contributed by atoms with Gasteiger partial charge in [-0.3, -0.25) is 4.68 Å². The molecule has 0 spiro atoms. The Morgan fingerprint density at radius 1 is 1.12 bits per heavy atom. The zero-order valence-electron chi connectivity index (χ0n) is 17.4. The smallest absolute Gasteiger partial charge is 0.220 e. The van der Waals surface area contributed by atoms with Crippen LogP contribution in [-0.4, -0.2) is 34.8 Å². The zero-order chi connectivity index (χ0) is 22.5. The molecule has 4 N–H and O–H groups in total. The lowest BCUT2D eigenvalue weighted by Gasteiger charge is -2.24. The molecule has 4 heterocycles. The molecule has 1 aromatic carbocycles. The lowest BCUT2D eigenvalue weighted by Crippen LogP contribution is -2.25. The first-order valence-electron chi connectivity index (χ1n) is 9.91. The Labute approximate surface area is 182 Å². The maximum absolute atomic E-state index is 13.8. The third-order valence-electron chi connectivity index (χ3n) is 5.47. The van der Waals surface area contributed by atoms with Crippen molar-refractivity contribution in [1.82, 2.24) is 29.7 Å². The fraction of sp³-hybridized carbons (Fsp3) is 0.130. The van der Waals surface area contributed by atoms with Crippen molar-refractivity contribution in [3.8, 4) is 22.4 Å². The number of nitrogen functional groups attached to an aromatic ring is 1. The van der Waals surface area contributed by atoms with E-state index in [2.05, 4.69) is 25.0 Å². The molecule has 0 aliphatic heterocycles. The molecule has 0 amide bonds. The lowest BCUT2D eigenvalue weighted by atomic mass is 9.91. The number of nitrogens with zero attached hydrogens (tertiary/aromatic N) is 5. The summed E-state index contributed by atoms with van der Waals surface area (Å²) in [6.45, 7) is 1.55. The number of nitrogens with one attached hydrogen (secondary N) is 1. The van der Waals surface area contributed by atoms with E-state index in [0.717, 1.165) is 22.1 Å². The number of rotatable bonds is 4. The molecule has 1 unspecified atom stereocenters. The number of nitrogens with two attached hydrogens (primary N) is 1. The SMILES string of the molecule is Cn1cc(-c2cnc3[nH]cc(-c4cc(C(C)(O)c5cccc(F)c5)nc(N)n4)c3c2)cn1. The highest BCUT2D eigenvalue weighted by Gasteiger charge is 2.29. The fourth-order valence-corrected chi connectivity index (χ4v) is 3.74. The van der Waals surface area contributed by atoms with Crippen LogP contribution in [0.15, 0.2) is 61.2 Å². The molecule has 0 fully saturated rings. The second-order valence-corrected chi connectivity index (χ2v) is 7.80. The second-order valence-electron chi connectivity index (χ2n) is 7.80. The summed E-state index contributed by atoms with van der Waals surface area (Å²) in [7, 11) is 1.85. The minimum Gasteiger partial charge on any atom is -0.379 e. The van der Waals surface area contributed by atoms with Crippen molar-refractivity contribution in [2.45, 2.75) is 12.5 Å². The number of aromatic nitrogens is 6. The van der Waals surface area contributed by atoms with Crippen LogP contribution < -0.4 is 5.73 Å². The van der Waals surface area contributed by atoms with Gasteiger partial charge in [0.15, 0.2) is 0 Å². The van der Waals surface area contributed by atoms with E-state index >= 15 is 0 Å². The third kappa shape index (κ3) is 3.38. The molecule has 32 heavy (non-hydrogen) atoms. The normalized spacial score (nSPS) is 13.4. The molecule has 160 valence electrons. The number of anilines is 1. The third-order valence-corrected chi connectivity index (χ3v) is 5.47. The lowest BCUT2D eigenvalue weighted by molar-refractivity contribution is 0.0971. The summed E-state index contributed by atoms with van der Waals surface area (Å²) in [5.41, 5.74) is 8.84. The van der Waals surface area contributed by atoms with Crippen LogP contribution in [0.3, 0.4) is 0 Å². The van der Waals surface area contributed by atoms with Crippen molar-refractivity contribution in [1.29, 1.82) is 0 Å². The molecule has 1 atom stereocenters. The Morgan fingerprint density at radius 3 is 2.72 bits per heavy atom. The van der Waals surface area contributed by atoms with Gasteiger partial charge in [-0.25, -0.2) is 19.3 Å². The first kappa shape index (κ1) is 19.8. The van der Waals surface area contributed by atoms with Crippen molar-refractivity contribution < 1.29 is 9.50 Å². The second kappa shape index (κ2) is 7.24. The molecule has 9 heteroatoms. The molecular weight excluding hydrogens is 409 g/mol. The Balaban J connectivity index is 1.63. The van der Waals surface area contributed by atoms with Gasteiger partial charge in [0.05, 0.1) is 17.6 Å². The first-order valence-corrected chi connectivity index (χ1v) is 9.91. The number of hydrogen-bond donors (Lipinski definition) is 3. The first-order chi connectivity index (χ1) is 15.3. The van der Waals surface area contributed by atoms with E-state index in [1.165, 1.54) is 18.2 Å². The predicted octanol–water partition coefficient (Wildman–Crippen LogP) is 3.40. The van der Waals surface area contributed by atoms with E-state index in [9.17, 15) is 9.50 Å². The number of H-pyrrole nitrogens is 1. The number of aryl methyl sites for hydroxylation is 1. The molecule has 8 nitrogen and oxygen atoms in total. The average Bonchev–Trinajstić information content (AvgIpc) is 3.39. The van der Waals surface area contributed by atoms with Crippen LogP contribution in [0.2, 0.25) is 0 Å². The van der Waals surface area contributed by atoms with Gasteiger partial charge < -0.3 is 15.8 Å². The highest BCUT2D eigenvalue weighted by Crippen LogP contribution is 2.34. The maximum Gasteiger partial charge on any atom is 0.220 e. The minimum absolute atomic E-state index is 0.0000915. The van der Waals surface area contributed by atoms with Gasteiger partial charge in [0.2, 0.25) is 5.95 Å². The molecule has 5 rings (SSSR count). The molecule has 0 bridgehead atoms. The van der Waals surface area contributed by atoms with Crippen molar-refractivity contribution >= 4 is 17.0 Å². The van der Waals surface area contributed by atoms with Gasteiger partial charge in [0.1, 0.15) is 17.1 Å². The standard InChI is InChI=1S/C23H20FN7O/c1-23(32,15-4-3-5-16(24)7-15)20-8-19(29-22(25)30-20)18-11-27-21-17(18)6-13(9-26-21)14-10-28-31(2)12-14/h3-12,32H,1-2H3,(H,26,27)(H2,25,29,30). The summed E-state index contributed by atoms with van der Waals surface area (Å²) < 4.78 is 15.5. The number of fused-ring (bicyclic) bond motifs is 1. The Kier molecular flexibility index (Phi) is 4.49. The summed E-state index contributed by atoms with van der Waals surface area (Å²) in [5, 5.41) is 16.2. The summed E-state index contributed by atoms with van der Waals surface area (Å²) in [6.07, 6.45) is 7.24. The van der Waals surface area contributed by atoms with Gasteiger partial charge >= 0.3 is 0 Å². The highest BCUT2D eigenvalue weighted by molar-refractivity contribution is 5.95. The summed E-state index contributed by atoms with van der Waals surface area (Å²) >= 11 is 0. The van der Waals surface area contributed by atoms with Crippen LogP contribution >= 0.6 is 0 Å². The van der Waals surface area contributed by atoms with E-state index in [0.29, 0.717) is 16.9 Å². The highest BCUT2D eigenvalue weighted by atomic mass is 19.1. The number of aliphatic hydroxyl groups is 1. The van der Waals surface area contributed by atoms with E-state index in [1.807, 2.05) is 19.3 Å². The van der Waals surface area contributed by atoms with Crippen LogP contribution in [0.5, 0.6) is 0 Å². The van der Waals surface area contributed by atoms with E-state index in [-0.39, 0.29) is 11.6 Å². The van der Waals surface area contributed by atoms with Gasteiger partial charge in [-0.15, -0.1) is 0 Å². The van der Waals surface area contributed by atoms with Crippen molar-refractivity contribution in [3.05, 3.63) is 78.3 Å². The summed E-state index contributed by atoms with van der Waals surface area (Å²) in [5.74, 6) is -0.449. The quantitative estimate of drug-likeness (QED) is 0.403. The molecule has 0 saturated carbocycles. The maximum atomic E-state index is 13.8. The molecule has 5 aromatic rings. The van der Waals surface area contributed by atoms with Crippen molar-refractivity contribution in [2.24, 2.45) is 7.05 Å².